The van der Waals surface area contributed by atoms with Gasteiger partial charge in [-0.1, -0.05) is 18.7 Å². The van der Waals surface area contributed by atoms with Crippen LogP contribution in [0.25, 0.3) is 0 Å². The van der Waals surface area contributed by atoms with E-state index < -0.39 is 0 Å². The molecule has 0 saturated carbocycles. The zero-order valence-electron chi connectivity index (χ0n) is 7.50. The lowest BCUT2D eigenvalue weighted by Crippen LogP contribution is -2.04. The summed E-state index contributed by atoms with van der Waals surface area (Å²) in [7, 11) is 0. The summed E-state index contributed by atoms with van der Waals surface area (Å²) < 4.78 is 4.90. The number of ether oxygens (including phenoxy) is 1. The summed E-state index contributed by atoms with van der Waals surface area (Å²) in [6, 6.07) is 0. The lowest BCUT2D eigenvalue weighted by atomic mass is 10.6. The van der Waals surface area contributed by atoms with E-state index in [1.807, 2.05) is 13.8 Å². The molecule has 0 aliphatic rings. The van der Waals surface area contributed by atoms with Gasteiger partial charge in [-0.15, -0.1) is 0 Å². The predicted molar refractivity (Wildman–Crippen MR) is 51.7 cm³/mol. The van der Waals surface area contributed by atoms with E-state index in [0.29, 0.717) is 6.61 Å². The van der Waals surface area contributed by atoms with Gasteiger partial charge in [0, 0.05) is 5.75 Å². The molecule has 4 heteroatoms. The van der Waals surface area contributed by atoms with Gasteiger partial charge in [0.05, 0.1) is 12.7 Å². The van der Waals surface area contributed by atoms with Gasteiger partial charge in [0.2, 0.25) is 5.12 Å². The van der Waals surface area contributed by atoms with E-state index in [9.17, 15) is 4.79 Å². The van der Waals surface area contributed by atoms with Gasteiger partial charge in [0.15, 0.2) is 5.88 Å². The van der Waals surface area contributed by atoms with Gasteiger partial charge in [0.25, 0.3) is 0 Å². The number of carbonyl (C=O) groups is 1. The van der Waals surface area contributed by atoms with Crippen molar-refractivity contribution in [1.29, 1.82) is 0 Å². The highest BCUT2D eigenvalue weighted by Gasteiger charge is 1.98. The van der Waals surface area contributed by atoms with Crippen LogP contribution in [-0.2, 0) is 9.53 Å². The zero-order valence-corrected chi connectivity index (χ0v) is 8.32. The van der Waals surface area contributed by atoms with Crippen molar-refractivity contribution in [3.63, 3.8) is 0 Å². The van der Waals surface area contributed by atoms with Crippen molar-refractivity contribution in [3.05, 3.63) is 12.0 Å². The number of carbonyl (C=O) groups excluding carboxylic acids is 1. The molecule has 0 spiro atoms. The van der Waals surface area contributed by atoms with E-state index in [2.05, 4.69) is 0 Å². The molecule has 0 unspecified atom stereocenters. The maximum atomic E-state index is 11.0. The Bertz CT molecular complexity index is 168. The van der Waals surface area contributed by atoms with Gasteiger partial charge >= 0.3 is 0 Å². The second-order valence-electron chi connectivity index (χ2n) is 2.15. The summed E-state index contributed by atoms with van der Waals surface area (Å²) in [5, 5.41) is -0.0391. The fourth-order valence-electron chi connectivity index (χ4n) is 0.569. The monoisotopic (exact) mass is 189 g/mol. The van der Waals surface area contributed by atoms with E-state index >= 15 is 0 Å². The molecule has 0 aromatic rings. The van der Waals surface area contributed by atoms with Gasteiger partial charge in [0.1, 0.15) is 0 Å². The lowest BCUT2D eigenvalue weighted by molar-refractivity contribution is -0.107. The molecule has 0 aromatic heterocycles. The van der Waals surface area contributed by atoms with Gasteiger partial charge in [-0.05, 0) is 13.3 Å². The molecule has 0 saturated heterocycles. The van der Waals surface area contributed by atoms with Crippen molar-refractivity contribution >= 4 is 16.9 Å². The third-order valence-electron chi connectivity index (χ3n) is 1.02. The smallest absolute Gasteiger partial charge is 0.217 e. The number of rotatable bonds is 5. The predicted octanol–water partition coefficient (Wildman–Crippen LogP) is 1.49. The van der Waals surface area contributed by atoms with Crippen LogP contribution in [-0.4, -0.2) is 17.5 Å². The molecule has 0 rings (SSSR count). The fraction of sp³-hybridized carbons (Fsp3) is 0.625. The molecule has 3 nitrogen and oxygen atoms in total. The summed E-state index contributed by atoms with van der Waals surface area (Å²) in [6.45, 7) is 4.34. The van der Waals surface area contributed by atoms with Crippen LogP contribution in [0.1, 0.15) is 20.3 Å². The molecule has 0 aliphatic heterocycles. The van der Waals surface area contributed by atoms with E-state index in [1.54, 1.807) is 0 Å². The van der Waals surface area contributed by atoms with Crippen LogP contribution in [0, 0.1) is 0 Å². The SMILES string of the molecule is CCCSC(=O)C=C(N)OCC. The summed E-state index contributed by atoms with van der Waals surface area (Å²) in [5.74, 6) is 1.03. The third-order valence-corrected chi connectivity index (χ3v) is 2.03. The van der Waals surface area contributed by atoms with Crippen molar-refractivity contribution in [2.75, 3.05) is 12.4 Å². The third kappa shape index (κ3) is 6.09. The highest BCUT2D eigenvalue weighted by atomic mass is 32.2. The van der Waals surface area contributed by atoms with Crippen LogP contribution in [0.5, 0.6) is 0 Å². The Labute approximate surface area is 77.3 Å². The molecule has 0 heterocycles. The normalized spacial score (nSPS) is 11.3. The van der Waals surface area contributed by atoms with E-state index in [0.717, 1.165) is 12.2 Å². The molecule has 0 aromatic carbocycles. The standard InChI is InChI=1S/C8H15NO2S/c1-3-5-12-8(10)6-7(9)11-4-2/h6H,3-5,9H2,1-2H3. The molecule has 12 heavy (non-hydrogen) atoms. The molecule has 0 aliphatic carbocycles. The zero-order chi connectivity index (χ0) is 9.40. The minimum Gasteiger partial charge on any atom is -0.480 e. The first-order chi connectivity index (χ1) is 5.70. The maximum Gasteiger partial charge on any atom is 0.217 e. The Morgan fingerprint density at radius 1 is 1.58 bits per heavy atom. The summed E-state index contributed by atoms with van der Waals surface area (Å²) >= 11 is 1.26. The summed E-state index contributed by atoms with van der Waals surface area (Å²) in [6.07, 6.45) is 2.31. The maximum absolute atomic E-state index is 11.0. The first-order valence-corrected chi connectivity index (χ1v) is 4.96. The van der Waals surface area contributed by atoms with E-state index in [1.165, 1.54) is 17.8 Å². The van der Waals surface area contributed by atoms with Crippen LogP contribution in [0.15, 0.2) is 12.0 Å². The molecule has 0 radical (unpaired) electrons. The Hall–Kier alpha value is -0.640. The fourth-order valence-corrected chi connectivity index (χ4v) is 1.17. The quantitative estimate of drug-likeness (QED) is 0.526. The Morgan fingerprint density at radius 3 is 2.75 bits per heavy atom. The Kier molecular flexibility index (Phi) is 6.66. The average Bonchev–Trinajstić information content (AvgIpc) is 2.01. The van der Waals surface area contributed by atoms with Crippen molar-refractivity contribution in [3.8, 4) is 0 Å². The van der Waals surface area contributed by atoms with Crippen LogP contribution >= 0.6 is 11.8 Å². The van der Waals surface area contributed by atoms with Crippen molar-refractivity contribution in [2.24, 2.45) is 5.73 Å². The molecular weight excluding hydrogens is 174 g/mol. The highest BCUT2D eigenvalue weighted by molar-refractivity contribution is 8.14. The number of hydrogen-bond donors (Lipinski definition) is 1. The summed E-state index contributed by atoms with van der Waals surface area (Å²) in [5.41, 5.74) is 5.36. The van der Waals surface area contributed by atoms with Crippen molar-refractivity contribution in [2.45, 2.75) is 20.3 Å². The number of hydrogen-bond acceptors (Lipinski definition) is 4. The molecule has 0 atom stereocenters. The van der Waals surface area contributed by atoms with E-state index in [4.69, 9.17) is 10.5 Å². The second-order valence-corrected chi connectivity index (χ2v) is 3.25. The molecule has 70 valence electrons. The van der Waals surface area contributed by atoms with Crippen LogP contribution in [0.4, 0.5) is 0 Å². The molecular formula is C8H15NO2S. The van der Waals surface area contributed by atoms with Gasteiger partial charge in [-0.2, -0.15) is 0 Å². The largest absolute Gasteiger partial charge is 0.480 e. The molecule has 0 amide bonds. The van der Waals surface area contributed by atoms with Crippen molar-refractivity contribution in [1.82, 2.24) is 0 Å². The molecule has 0 bridgehead atoms. The van der Waals surface area contributed by atoms with Gasteiger partial charge < -0.3 is 10.5 Å². The Balaban J connectivity index is 3.71. The number of nitrogens with two attached hydrogens (primary N) is 1. The second kappa shape index (κ2) is 7.03. The first kappa shape index (κ1) is 11.4. The first-order valence-electron chi connectivity index (χ1n) is 3.97. The topological polar surface area (TPSA) is 52.3 Å². The molecule has 0 fully saturated rings. The Morgan fingerprint density at radius 2 is 2.25 bits per heavy atom. The van der Waals surface area contributed by atoms with Gasteiger partial charge in [-0.3, -0.25) is 4.79 Å². The van der Waals surface area contributed by atoms with Gasteiger partial charge in [-0.25, -0.2) is 0 Å². The summed E-state index contributed by atoms with van der Waals surface area (Å²) in [4.78, 5) is 11.0. The van der Waals surface area contributed by atoms with Crippen LogP contribution in [0.3, 0.4) is 0 Å². The van der Waals surface area contributed by atoms with E-state index in [-0.39, 0.29) is 11.0 Å². The average molecular weight is 189 g/mol. The van der Waals surface area contributed by atoms with Crippen molar-refractivity contribution < 1.29 is 9.53 Å². The van der Waals surface area contributed by atoms with Crippen LogP contribution < -0.4 is 5.73 Å². The number of thioether (sulfide) groups is 1. The molecule has 2 N–H and O–H groups in total. The minimum absolute atomic E-state index is 0.0391. The minimum atomic E-state index is -0.0391. The highest BCUT2D eigenvalue weighted by Crippen LogP contribution is 2.05. The lowest BCUT2D eigenvalue weighted by Gasteiger charge is -2.00. The van der Waals surface area contributed by atoms with Crippen LogP contribution in [0.2, 0.25) is 0 Å².